The minimum absolute atomic E-state index is 0.00322. The number of ketones is 3. The molecule has 0 bridgehead atoms. The van der Waals surface area contributed by atoms with Gasteiger partial charge in [0.1, 0.15) is 90.3 Å². The molecule has 32 heteroatoms. The molecule has 9 saturated carbocycles. The average molecular weight is 1930 g/mol. The molecule has 0 radical (unpaired) electrons. The van der Waals surface area contributed by atoms with Crippen LogP contribution in [0.15, 0.2) is 55.2 Å². The Kier molecular flexibility index (Phi) is 33.0. The molecule has 10 saturated heterocycles. The second kappa shape index (κ2) is 46.9. The Hall–Kier alpha value is -7.53. The summed E-state index contributed by atoms with van der Waals surface area (Å²) in [6.45, 7) is 7.77. The summed E-state index contributed by atoms with van der Waals surface area (Å²) in [4.78, 5) is 62.4. The number of aryl methyl sites for hydroxylation is 1. The third-order valence-corrected chi connectivity index (χ3v) is 35.7. The highest BCUT2D eigenvalue weighted by Crippen LogP contribution is 2.47. The molecule has 5 aromatic heterocycles. The highest BCUT2D eigenvalue weighted by Gasteiger charge is 2.56. The van der Waals surface area contributed by atoms with Gasteiger partial charge in [0.15, 0.2) is 0 Å². The number of Topliss-reactive ketones (excluding diaryl/α,β-unsaturated/α-hetero) is 3. The van der Waals surface area contributed by atoms with Gasteiger partial charge in [-0.05, 0) is 132 Å². The van der Waals surface area contributed by atoms with Crippen molar-refractivity contribution in [2.75, 3.05) is 66.1 Å². The van der Waals surface area contributed by atoms with Crippen LogP contribution in [-0.4, -0.2) is 243 Å². The van der Waals surface area contributed by atoms with Crippen LogP contribution in [0.1, 0.15) is 344 Å². The SMILES string of the molecule is Cc1cccc(C(=O)NC2COC3C2OCC3n2cc(CC3CCCCC3)nn2)c1.O=C(CC1COC2C1OCC2n1cc(CC2CCCCC2)nn1)C1CC1.O=C(CC1COC2C1OCC2n1cc(CC2CCCCC2)nn1)C1CCC1.O=C(CC1COC2C1OCC2n1cc(CC2CCCCC2)nn1)C1CCCC1.O=C(NC1COC2C1OCC2n1cc(CC2CCCCC2)nn1)C1CCCCC1. The van der Waals surface area contributed by atoms with Crippen LogP contribution in [0, 0.1) is 77.9 Å². The molecule has 32 nitrogen and oxygen atoms in total. The monoisotopic (exact) mass is 1930 g/mol. The van der Waals surface area contributed by atoms with Crippen molar-refractivity contribution >= 4 is 29.2 Å². The van der Waals surface area contributed by atoms with Crippen LogP contribution in [0.5, 0.6) is 0 Å². The van der Waals surface area contributed by atoms with Crippen LogP contribution >= 0.6 is 0 Å². The lowest BCUT2D eigenvalue weighted by atomic mass is 9.79. The quantitative estimate of drug-likeness (QED) is 0.0461. The summed E-state index contributed by atoms with van der Waals surface area (Å²) in [5.41, 5.74) is 7.17. The maximum atomic E-state index is 12.6. The van der Waals surface area contributed by atoms with E-state index in [1.165, 1.54) is 199 Å². The molecule has 19 aliphatic rings. The zero-order valence-corrected chi connectivity index (χ0v) is 83.1. The average Bonchev–Trinajstić information content (AvgIpc) is 1.65. The molecular formula is C108H157N17O15. The fourth-order valence-electron chi connectivity index (χ4n) is 27.2. The molecule has 20 unspecified atom stereocenters. The van der Waals surface area contributed by atoms with E-state index in [1.807, 2.05) is 54.6 Å². The third-order valence-electron chi connectivity index (χ3n) is 35.7. The number of carbonyl (C=O) groups is 5. The number of fused-ring (bicyclic) bond motifs is 5. The van der Waals surface area contributed by atoms with Gasteiger partial charge in [0.25, 0.3) is 5.91 Å². The van der Waals surface area contributed by atoms with E-state index in [1.54, 1.807) is 0 Å². The van der Waals surface area contributed by atoms with Gasteiger partial charge in [-0.25, -0.2) is 23.4 Å². The lowest BCUT2D eigenvalue weighted by Gasteiger charge is -2.25. The van der Waals surface area contributed by atoms with Crippen molar-refractivity contribution in [3.8, 4) is 0 Å². The smallest absolute Gasteiger partial charge is 0.251 e. The second-order valence-electron chi connectivity index (χ2n) is 45.9. The van der Waals surface area contributed by atoms with Gasteiger partial charge in [-0.3, -0.25) is 24.0 Å². The standard InChI is InChI=1S/C23H30N4O3.C22H34N4O3.C22H33N3O3.C21H31N3O3.C20H29N3O3/c1-15-6-5-9-17(10-15)23(28)24-19-13-29-22-20(14-30-21(19)22)27-12-18(25-26-27)11-16-7-3-2-4-8-16;27-22(16-9-5-2-6-10-16)23-18-13-28-21-19(14-29-20(18)21)26-12-17(24-25-26)11-15-7-3-1-4-8-15;26-20(16-8-4-5-9-16)11-17-13-27-22-19(14-28-21(17)22)25-12-18(23-24-25)10-15-6-2-1-3-7-15;25-19(15-7-4-8-15)10-16-12-26-21-18(13-27-20(16)21)24-11-17(22-23-24)9-14-5-2-1-3-6-14;24-18(14-6-7-14)9-15-11-25-20-17(12-26-19(15)20)23-10-16(21-22-23)8-13-4-2-1-3-5-13/h5-6,9-10,12,16,19-22H,2-4,7-8,11,13-14H2,1H3,(H,24,28);12,15-16,18-21H,1-11,13-14H2,(H,23,27);12,15-17,19,21-22H,1-11,13-14H2;11,14-16,18,20-21H,1-10,12-13H2;10,13-15,17,19-20H,1-9,11-12H2. The molecule has 6 aromatic rings. The van der Waals surface area contributed by atoms with Crippen molar-refractivity contribution in [2.45, 2.75) is 412 Å². The fraction of sp³-hybridized carbons (Fsp3) is 0.806. The summed E-state index contributed by atoms with van der Waals surface area (Å²) in [7, 11) is 0. The van der Waals surface area contributed by atoms with Crippen molar-refractivity contribution in [2.24, 2.45) is 71.0 Å². The summed E-state index contributed by atoms with van der Waals surface area (Å²) < 4.78 is 70.5. The normalized spacial score (nSPS) is 33.2. The Bertz CT molecular complexity index is 4990. The van der Waals surface area contributed by atoms with Crippen LogP contribution in [0.2, 0.25) is 0 Å². The lowest BCUT2D eigenvalue weighted by molar-refractivity contribution is -0.128. The van der Waals surface area contributed by atoms with Crippen molar-refractivity contribution < 1.29 is 71.3 Å². The maximum Gasteiger partial charge on any atom is 0.251 e. The number of hydrogen-bond donors (Lipinski definition) is 2. The van der Waals surface area contributed by atoms with E-state index in [2.05, 4.69) is 93.2 Å². The van der Waals surface area contributed by atoms with Crippen LogP contribution in [0.25, 0.3) is 0 Å². The van der Waals surface area contributed by atoms with E-state index in [0.29, 0.717) is 120 Å². The van der Waals surface area contributed by atoms with Crippen LogP contribution < -0.4 is 10.6 Å². The minimum Gasteiger partial charge on any atom is -0.373 e. The molecule has 15 heterocycles. The fourth-order valence-corrected chi connectivity index (χ4v) is 27.2. The molecule has 2 amide bonds. The zero-order valence-electron chi connectivity index (χ0n) is 83.1. The number of hydrogen-bond acceptors (Lipinski definition) is 25. The number of rotatable bonds is 28. The van der Waals surface area contributed by atoms with Crippen LogP contribution in [0.4, 0.5) is 0 Å². The summed E-state index contributed by atoms with van der Waals surface area (Å²) in [5, 5.41) is 50.4. The first-order valence-electron chi connectivity index (χ1n) is 55.7. The second-order valence-corrected chi connectivity index (χ2v) is 45.9. The molecule has 25 rings (SSSR count). The molecule has 1 aromatic carbocycles. The van der Waals surface area contributed by atoms with E-state index >= 15 is 0 Å². The third kappa shape index (κ3) is 24.1. The Morgan fingerprint density at radius 3 is 0.857 bits per heavy atom. The topological polar surface area (TPSA) is 355 Å². The van der Waals surface area contributed by atoms with Gasteiger partial charge < -0.3 is 58.0 Å². The first kappa shape index (κ1) is 98.5. The first-order chi connectivity index (χ1) is 68.8. The van der Waals surface area contributed by atoms with Gasteiger partial charge in [-0.15, -0.1) is 25.5 Å². The number of aromatic nitrogens is 15. The Labute approximate surface area is 825 Å². The Morgan fingerprint density at radius 1 is 0.286 bits per heavy atom. The highest BCUT2D eigenvalue weighted by molar-refractivity contribution is 5.94. The van der Waals surface area contributed by atoms with Gasteiger partial charge in [0, 0.05) is 97.2 Å². The van der Waals surface area contributed by atoms with Crippen LogP contribution in [-0.2, 0) is 98.7 Å². The molecule has 140 heavy (non-hydrogen) atoms. The molecule has 0 spiro atoms. The molecule has 19 fully saturated rings. The molecule has 20 atom stereocenters. The van der Waals surface area contributed by atoms with Gasteiger partial charge in [-0.1, -0.05) is 243 Å². The molecule has 9 aliphatic carbocycles. The van der Waals surface area contributed by atoms with Gasteiger partial charge >= 0.3 is 0 Å². The number of nitrogens with zero attached hydrogens (tertiary/aromatic N) is 15. The number of amides is 2. The summed E-state index contributed by atoms with van der Waals surface area (Å²) in [5.74, 6) is 6.82. The largest absolute Gasteiger partial charge is 0.373 e. The maximum absolute atomic E-state index is 12.6. The van der Waals surface area contributed by atoms with E-state index in [-0.39, 0.29) is 145 Å². The highest BCUT2D eigenvalue weighted by atomic mass is 16.6. The molecule has 10 aliphatic heterocycles. The molecule has 2 N–H and O–H groups in total. The first-order valence-corrected chi connectivity index (χ1v) is 55.7. The number of benzene rings is 1. The molecule has 764 valence electrons. The van der Waals surface area contributed by atoms with Crippen molar-refractivity contribution in [1.29, 1.82) is 0 Å². The number of ether oxygens (including phenoxy) is 10. The lowest BCUT2D eigenvalue weighted by Crippen LogP contribution is -2.46. The summed E-state index contributed by atoms with van der Waals surface area (Å²) in [6, 6.07) is 7.72. The Morgan fingerprint density at radius 2 is 0.550 bits per heavy atom. The van der Waals surface area contributed by atoms with Crippen molar-refractivity contribution in [1.82, 2.24) is 85.6 Å². The number of nitrogens with one attached hydrogen (secondary N) is 2. The van der Waals surface area contributed by atoms with Gasteiger partial charge in [-0.2, -0.15) is 0 Å². The minimum atomic E-state index is -0.158. The van der Waals surface area contributed by atoms with E-state index in [4.69, 9.17) is 47.4 Å². The van der Waals surface area contributed by atoms with E-state index in [9.17, 15) is 24.0 Å². The van der Waals surface area contributed by atoms with Crippen LogP contribution in [0.3, 0.4) is 0 Å². The summed E-state index contributed by atoms with van der Waals surface area (Å²) >= 11 is 0. The van der Waals surface area contributed by atoms with E-state index < -0.39 is 0 Å². The molecular weight excluding hydrogens is 1780 g/mol. The Balaban J connectivity index is 0.000000104. The summed E-state index contributed by atoms with van der Waals surface area (Å²) in [6.07, 6.45) is 66.4. The van der Waals surface area contributed by atoms with Gasteiger partial charge in [0.2, 0.25) is 5.91 Å². The predicted octanol–water partition coefficient (Wildman–Crippen LogP) is 15.0. The predicted molar refractivity (Wildman–Crippen MR) is 516 cm³/mol. The van der Waals surface area contributed by atoms with Crippen molar-refractivity contribution in [3.05, 3.63) is 94.8 Å². The number of carbonyl (C=O) groups excluding carboxylic acids is 5. The zero-order chi connectivity index (χ0) is 94.8. The van der Waals surface area contributed by atoms with Gasteiger partial charge in [0.05, 0.1) is 125 Å². The van der Waals surface area contributed by atoms with E-state index in [0.717, 1.165) is 147 Å². The van der Waals surface area contributed by atoms with Crippen molar-refractivity contribution in [3.63, 3.8) is 0 Å².